The second-order valence-corrected chi connectivity index (χ2v) is 3.88. The largest absolute Gasteiger partial charge is 0.478 e. The highest BCUT2D eigenvalue weighted by Crippen LogP contribution is 2.26. The lowest BCUT2D eigenvalue weighted by Crippen LogP contribution is -2.14. The molecule has 1 aromatic heterocycles. The van der Waals surface area contributed by atoms with E-state index in [9.17, 15) is 19.7 Å². The molecule has 0 aliphatic heterocycles. The van der Waals surface area contributed by atoms with Crippen molar-refractivity contribution in [1.82, 2.24) is 9.97 Å². The van der Waals surface area contributed by atoms with Crippen LogP contribution in [0.2, 0.25) is 0 Å². The average Bonchev–Trinajstić information content (AvgIpc) is 2.48. The molecule has 106 valence electrons. The van der Waals surface area contributed by atoms with Gasteiger partial charge < -0.3 is 10.4 Å². The van der Waals surface area contributed by atoms with Crippen LogP contribution in [0.15, 0.2) is 36.9 Å². The predicted molar refractivity (Wildman–Crippen MR) is 70.0 cm³/mol. The van der Waals surface area contributed by atoms with Crippen LogP contribution < -0.4 is 5.32 Å². The van der Waals surface area contributed by atoms with E-state index >= 15 is 0 Å². The second-order valence-electron chi connectivity index (χ2n) is 3.88. The molecule has 0 atom stereocenters. The van der Waals surface area contributed by atoms with Crippen LogP contribution in [-0.2, 0) is 0 Å². The maximum atomic E-state index is 11.9. The highest BCUT2D eigenvalue weighted by Gasteiger charge is 2.19. The number of nitrogens with zero attached hydrogens (tertiary/aromatic N) is 3. The number of carboxylic acid groups (broad SMARTS) is 1. The van der Waals surface area contributed by atoms with Gasteiger partial charge in [-0.2, -0.15) is 0 Å². The lowest BCUT2D eigenvalue weighted by molar-refractivity contribution is -0.383. The third kappa shape index (κ3) is 3.15. The van der Waals surface area contributed by atoms with Crippen LogP contribution in [0.5, 0.6) is 0 Å². The standard InChI is InChI=1S/C12H8N4O5/c17-11(8-4-13-6-14-5-8)15-9-2-1-7(12(18)19)3-10(9)16(20)21/h1-6H,(H,15,17)(H,18,19). The number of nitro benzene ring substituents is 1. The van der Waals surface area contributed by atoms with Crippen molar-refractivity contribution in [3.8, 4) is 0 Å². The van der Waals surface area contributed by atoms with Crippen molar-refractivity contribution in [2.24, 2.45) is 0 Å². The lowest BCUT2D eigenvalue weighted by atomic mass is 10.1. The first-order valence-corrected chi connectivity index (χ1v) is 5.57. The minimum atomic E-state index is -1.30. The summed E-state index contributed by atoms with van der Waals surface area (Å²) in [6, 6.07) is 3.19. The van der Waals surface area contributed by atoms with Gasteiger partial charge in [0.2, 0.25) is 0 Å². The number of hydrogen-bond donors (Lipinski definition) is 2. The van der Waals surface area contributed by atoms with Crippen molar-refractivity contribution in [2.45, 2.75) is 0 Å². The Kier molecular flexibility index (Phi) is 3.84. The van der Waals surface area contributed by atoms with E-state index in [-0.39, 0.29) is 16.8 Å². The van der Waals surface area contributed by atoms with E-state index in [4.69, 9.17) is 5.11 Å². The second kappa shape index (κ2) is 5.74. The molecule has 1 heterocycles. The topological polar surface area (TPSA) is 135 Å². The number of benzene rings is 1. The van der Waals surface area contributed by atoms with Gasteiger partial charge in [0.05, 0.1) is 16.1 Å². The molecule has 0 bridgehead atoms. The average molecular weight is 288 g/mol. The third-order valence-corrected chi connectivity index (χ3v) is 2.51. The molecule has 2 rings (SSSR count). The van der Waals surface area contributed by atoms with Gasteiger partial charge in [0.15, 0.2) is 0 Å². The number of rotatable bonds is 4. The molecule has 0 unspecified atom stereocenters. The maximum Gasteiger partial charge on any atom is 0.335 e. The molecule has 0 fully saturated rings. The van der Waals surface area contributed by atoms with Gasteiger partial charge in [-0.1, -0.05) is 0 Å². The predicted octanol–water partition coefficient (Wildman–Crippen LogP) is 1.34. The zero-order valence-corrected chi connectivity index (χ0v) is 10.4. The van der Waals surface area contributed by atoms with Crippen molar-refractivity contribution < 1.29 is 19.6 Å². The molecule has 0 aliphatic rings. The number of nitrogens with one attached hydrogen (secondary N) is 1. The molecular formula is C12H8N4O5. The number of nitro groups is 1. The fraction of sp³-hybridized carbons (Fsp3) is 0. The number of anilines is 1. The summed E-state index contributed by atoms with van der Waals surface area (Å²) in [5.74, 6) is -1.94. The molecule has 9 nitrogen and oxygen atoms in total. The van der Waals surface area contributed by atoms with Gasteiger partial charge in [-0.25, -0.2) is 14.8 Å². The van der Waals surface area contributed by atoms with Gasteiger partial charge in [-0.15, -0.1) is 0 Å². The Morgan fingerprint density at radius 3 is 2.43 bits per heavy atom. The van der Waals surface area contributed by atoms with Crippen molar-refractivity contribution in [3.63, 3.8) is 0 Å². The molecule has 0 spiro atoms. The summed E-state index contributed by atoms with van der Waals surface area (Å²) < 4.78 is 0. The molecular weight excluding hydrogens is 280 g/mol. The highest BCUT2D eigenvalue weighted by molar-refractivity contribution is 6.05. The maximum absolute atomic E-state index is 11.9. The number of amides is 1. The smallest absolute Gasteiger partial charge is 0.335 e. The monoisotopic (exact) mass is 288 g/mol. The van der Waals surface area contributed by atoms with Crippen molar-refractivity contribution in [1.29, 1.82) is 0 Å². The first-order valence-electron chi connectivity index (χ1n) is 5.57. The minimum absolute atomic E-state index is 0.112. The Hall–Kier alpha value is -3.36. The third-order valence-electron chi connectivity index (χ3n) is 2.51. The normalized spacial score (nSPS) is 9.90. The van der Waals surface area contributed by atoms with Crippen LogP contribution >= 0.6 is 0 Å². The van der Waals surface area contributed by atoms with Gasteiger partial charge >= 0.3 is 5.97 Å². The quantitative estimate of drug-likeness (QED) is 0.639. The van der Waals surface area contributed by atoms with Crippen molar-refractivity contribution in [2.75, 3.05) is 5.32 Å². The minimum Gasteiger partial charge on any atom is -0.478 e. The molecule has 21 heavy (non-hydrogen) atoms. The zero-order valence-electron chi connectivity index (χ0n) is 10.4. The van der Waals surface area contributed by atoms with E-state index in [0.29, 0.717) is 0 Å². The van der Waals surface area contributed by atoms with Crippen LogP contribution in [0.4, 0.5) is 11.4 Å². The number of carboxylic acids is 1. The fourth-order valence-electron chi connectivity index (χ4n) is 1.53. The molecule has 9 heteroatoms. The summed E-state index contributed by atoms with van der Waals surface area (Å²) in [7, 11) is 0. The number of hydrogen-bond acceptors (Lipinski definition) is 6. The van der Waals surface area contributed by atoms with E-state index in [1.54, 1.807) is 0 Å². The Balaban J connectivity index is 2.34. The molecule has 0 saturated carbocycles. The number of aromatic carboxylic acids is 1. The van der Waals surface area contributed by atoms with Gasteiger partial charge in [-0.05, 0) is 12.1 Å². The van der Waals surface area contributed by atoms with E-state index < -0.39 is 22.5 Å². The van der Waals surface area contributed by atoms with Crippen LogP contribution in [-0.4, -0.2) is 31.9 Å². The summed E-state index contributed by atoms with van der Waals surface area (Å²) in [5.41, 5.74) is -0.754. The van der Waals surface area contributed by atoms with Crippen molar-refractivity contribution >= 4 is 23.3 Å². The van der Waals surface area contributed by atoms with Gasteiger partial charge in [0, 0.05) is 18.5 Å². The molecule has 1 aromatic carbocycles. The molecule has 0 aliphatic carbocycles. The SMILES string of the molecule is O=C(O)c1ccc(NC(=O)c2cncnc2)c([N+](=O)[O-])c1. The van der Waals surface area contributed by atoms with Gasteiger partial charge in [0.25, 0.3) is 11.6 Å². The lowest BCUT2D eigenvalue weighted by Gasteiger charge is -2.06. The summed E-state index contributed by atoms with van der Waals surface area (Å²) >= 11 is 0. The van der Waals surface area contributed by atoms with E-state index in [1.165, 1.54) is 18.7 Å². The molecule has 2 N–H and O–H groups in total. The summed E-state index contributed by atoms with van der Waals surface area (Å²) in [5, 5.41) is 22.1. The molecule has 0 saturated heterocycles. The number of carbonyl (C=O) groups excluding carboxylic acids is 1. The Morgan fingerprint density at radius 2 is 1.86 bits per heavy atom. The van der Waals surface area contributed by atoms with Crippen LogP contribution in [0, 0.1) is 10.1 Å². The molecule has 2 aromatic rings. The van der Waals surface area contributed by atoms with E-state index in [0.717, 1.165) is 18.2 Å². The first-order chi connectivity index (χ1) is 9.99. The first kappa shape index (κ1) is 14.1. The van der Waals surface area contributed by atoms with Crippen LogP contribution in [0.25, 0.3) is 0 Å². The van der Waals surface area contributed by atoms with Gasteiger partial charge in [0.1, 0.15) is 12.0 Å². The van der Waals surface area contributed by atoms with Crippen LogP contribution in [0.3, 0.4) is 0 Å². The van der Waals surface area contributed by atoms with E-state index in [1.807, 2.05) is 0 Å². The number of carbonyl (C=O) groups is 2. The van der Waals surface area contributed by atoms with Crippen molar-refractivity contribution in [3.05, 3.63) is 58.2 Å². The van der Waals surface area contributed by atoms with E-state index in [2.05, 4.69) is 15.3 Å². The Morgan fingerprint density at radius 1 is 1.19 bits per heavy atom. The van der Waals surface area contributed by atoms with Gasteiger partial charge in [-0.3, -0.25) is 14.9 Å². The summed E-state index contributed by atoms with van der Waals surface area (Å²) in [4.78, 5) is 40.2. The summed E-state index contributed by atoms with van der Waals surface area (Å²) in [6.07, 6.45) is 3.74. The van der Waals surface area contributed by atoms with Crippen LogP contribution in [0.1, 0.15) is 20.7 Å². The Bertz CT molecular complexity index is 717. The highest BCUT2D eigenvalue weighted by atomic mass is 16.6. The Labute approximate surface area is 117 Å². The fourth-order valence-corrected chi connectivity index (χ4v) is 1.53. The summed E-state index contributed by atoms with van der Waals surface area (Å²) in [6.45, 7) is 0. The number of aromatic nitrogens is 2. The molecule has 1 amide bonds. The zero-order chi connectivity index (χ0) is 15.4. The molecule has 0 radical (unpaired) electrons.